The summed E-state index contributed by atoms with van der Waals surface area (Å²) < 4.78 is 4.92. The van der Waals surface area contributed by atoms with Gasteiger partial charge in [0.15, 0.2) is 0 Å². The molecule has 0 aromatic rings. The number of rotatable bonds is 10. The zero-order chi connectivity index (χ0) is 18.1. The second-order valence-electron chi connectivity index (χ2n) is 6.75. The van der Waals surface area contributed by atoms with E-state index in [-0.39, 0.29) is 5.97 Å². The van der Waals surface area contributed by atoms with Crippen molar-refractivity contribution in [2.45, 2.75) is 86.0 Å². The van der Waals surface area contributed by atoms with Crippen molar-refractivity contribution < 1.29 is 14.6 Å². The van der Waals surface area contributed by atoms with Crippen LogP contribution in [0.2, 0.25) is 0 Å². The van der Waals surface area contributed by atoms with Gasteiger partial charge in [-0.15, -0.1) is 0 Å². The molecule has 0 bridgehead atoms. The smallest absolute Gasteiger partial charge is 0.305 e. The molecule has 136 valence electrons. The predicted molar refractivity (Wildman–Crippen MR) is 100.0 cm³/mol. The number of ether oxygens (including phenoxy) is 1. The minimum absolute atomic E-state index is 0.0805. The third-order valence-electron chi connectivity index (χ3n) is 5.08. The fourth-order valence-corrected chi connectivity index (χ4v) is 3.28. The summed E-state index contributed by atoms with van der Waals surface area (Å²) in [5.41, 5.74) is 6.12. The zero-order valence-corrected chi connectivity index (χ0v) is 16.1. The number of aliphatic hydroxyl groups excluding tert-OH is 1. The molecule has 0 heterocycles. The highest BCUT2D eigenvalue weighted by molar-refractivity contribution is 5.69. The van der Waals surface area contributed by atoms with Crippen LogP contribution in [-0.2, 0) is 9.53 Å². The molecule has 3 nitrogen and oxygen atoms in total. The van der Waals surface area contributed by atoms with E-state index in [0.29, 0.717) is 18.8 Å². The summed E-state index contributed by atoms with van der Waals surface area (Å²) in [7, 11) is 0. The highest BCUT2D eigenvalue weighted by Gasteiger charge is 2.21. The first-order valence-electron chi connectivity index (χ1n) is 9.33. The summed E-state index contributed by atoms with van der Waals surface area (Å²) in [6.45, 7) is 10.8. The first kappa shape index (κ1) is 20.5. The lowest BCUT2D eigenvalue weighted by Gasteiger charge is -2.09. The minimum Gasteiger partial charge on any atom is -0.512 e. The molecule has 0 spiro atoms. The van der Waals surface area contributed by atoms with Gasteiger partial charge in [-0.25, -0.2) is 0 Å². The molecule has 0 atom stereocenters. The Balaban J connectivity index is 2.22. The average molecular weight is 335 g/mol. The van der Waals surface area contributed by atoms with Crippen LogP contribution in [0.25, 0.3) is 0 Å². The van der Waals surface area contributed by atoms with Crippen LogP contribution in [0, 0.1) is 0 Å². The number of allylic oxidation sites excluding steroid dienone is 6. The van der Waals surface area contributed by atoms with E-state index in [0.717, 1.165) is 50.5 Å². The van der Waals surface area contributed by atoms with E-state index in [1.165, 1.54) is 22.3 Å². The number of unbranched alkanes of at least 4 members (excludes halogenated alkanes) is 5. The summed E-state index contributed by atoms with van der Waals surface area (Å²) in [6, 6.07) is 0. The molecule has 0 aliphatic heterocycles. The van der Waals surface area contributed by atoms with Crippen LogP contribution in [0.5, 0.6) is 0 Å². The Hall–Kier alpha value is -1.51. The van der Waals surface area contributed by atoms with Crippen LogP contribution in [0.4, 0.5) is 0 Å². The normalized spacial score (nSPS) is 14.6. The Bertz CT molecular complexity index is 509. The van der Waals surface area contributed by atoms with Gasteiger partial charge < -0.3 is 9.84 Å². The van der Waals surface area contributed by atoms with Crippen molar-refractivity contribution in [3.05, 3.63) is 33.6 Å². The number of hydrogen-bond donors (Lipinski definition) is 1. The number of hydrogen-bond acceptors (Lipinski definition) is 3. The maximum absolute atomic E-state index is 11.2. The topological polar surface area (TPSA) is 46.5 Å². The SMILES string of the molecule is CCOC(=O)CCCCCCCCC(O)=C1C(C)=C(C)C(C)=C1C. The number of carbonyl (C=O) groups is 1. The van der Waals surface area contributed by atoms with E-state index in [1.807, 2.05) is 6.92 Å². The highest BCUT2D eigenvalue weighted by atomic mass is 16.5. The number of esters is 1. The lowest BCUT2D eigenvalue weighted by atomic mass is 10.00. The Labute approximate surface area is 147 Å². The van der Waals surface area contributed by atoms with Crippen LogP contribution >= 0.6 is 0 Å². The van der Waals surface area contributed by atoms with E-state index in [1.54, 1.807) is 0 Å². The van der Waals surface area contributed by atoms with Crippen LogP contribution < -0.4 is 0 Å². The summed E-state index contributed by atoms with van der Waals surface area (Å²) in [5.74, 6) is 0.464. The quantitative estimate of drug-likeness (QED) is 0.295. The van der Waals surface area contributed by atoms with Gasteiger partial charge in [0.2, 0.25) is 0 Å². The fourth-order valence-electron chi connectivity index (χ4n) is 3.28. The van der Waals surface area contributed by atoms with Crippen molar-refractivity contribution in [3.8, 4) is 0 Å². The van der Waals surface area contributed by atoms with E-state index in [9.17, 15) is 9.90 Å². The average Bonchev–Trinajstić information content (AvgIpc) is 2.73. The molecule has 0 aromatic heterocycles. The van der Waals surface area contributed by atoms with E-state index >= 15 is 0 Å². The van der Waals surface area contributed by atoms with Gasteiger partial charge in [-0.2, -0.15) is 0 Å². The van der Waals surface area contributed by atoms with E-state index < -0.39 is 0 Å². The van der Waals surface area contributed by atoms with Gasteiger partial charge in [-0.3, -0.25) is 4.79 Å². The molecule has 1 aliphatic carbocycles. The van der Waals surface area contributed by atoms with Gasteiger partial charge in [-0.1, -0.05) is 25.7 Å². The van der Waals surface area contributed by atoms with Gasteiger partial charge in [0.25, 0.3) is 0 Å². The molecule has 3 heteroatoms. The van der Waals surface area contributed by atoms with Crippen molar-refractivity contribution in [3.63, 3.8) is 0 Å². The maximum atomic E-state index is 11.2. The lowest BCUT2D eigenvalue weighted by molar-refractivity contribution is -0.143. The molecule has 1 aliphatic rings. The van der Waals surface area contributed by atoms with Gasteiger partial charge in [0.05, 0.1) is 12.4 Å². The predicted octanol–water partition coefficient (Wildman–Crippen LogP) is 6.17. The van der Waals surface area contributed by atoms with Crippen molar-refractivity contribution >= 4 is 5.97 Å². The Morgan fingerprint density at radius 3 is 1.75 bits per heavy atom. The number of carbonyl (C=O) groups excluding carboxylic acids is 1. The summed E-state index contributed by atoms with van der Waals surface area (Å²) in [6.07, 6.45) is 7.74. The molecule has 0 saturated carbocycles. The summed E-state index contributed by atoms with van der Waals surface area (Å²) in [4.78, 5) is 11.2. The standard InChI is InChI=1S/C21H34O3/c1-6-24-20(23)14-12-10-8-7-9-11-13-19(22)21-17(4)15(2)16(3)18(21)5/h22H,6-14H2,1-5H3. The third-order valence-corrected chi connectivity index (χ3v) is 5.08. The molecule has 1 rings (SSSR count). The molecular formula is C21H34O3. The molecule has 24 heavy (non-hydrogen) atoms. The van der Waals surface area contributed by atoms with Crippen LogP contribution in [0.3, 0.4) is 0 Å². The van der Waals surface area contributed by atoms with E-state index in [4.69, 9.17) is 4.74 Å². The lowest BCUT2D eigenvalue weighted by Crippen LogP contribution is -2.03. The first-order chi connectivity index (χ1) is 11.4. The molecule has 0 fully saturated rings. The summed E-state index contributed by atoms with van der Waals surface area (Å²) >= 11 is 0. The second-order valence-corrected chi connectivity index (χ2v) is 6.75. The molecule has 0 aromatic carbocycles. The Morgan fingerprint density at radius 1 is 0.792 bits per heavy atom. The zero-order valence-electron chi connectivity index (χ0n) is 16.1. The van der Waals surface area contributed by atoms with Crippen molar-refractivity contribution in [2.24, 2.45) is 0 Å². The Morgan fingerprint density at radius 2 is 1.25 bits per heavy atom. The molecule has 0 saturated heterocycles. The van der Waals surface area contributed by atoms with Crippen molar-refractivity contribution in [1.29, 1.82) is 0 Å². The van der Waals surface area contributed by atoms with Gasteiger partial charge in [0, 0.05) is 18.4 Å². The molecular weight excluding hydrogens is 300 g/mol. The third kappa shape index (κ3) is 5.85. The van der Waals surface area contributed by atoms with Crippen LogP contribution in [0.1, 0.15) is 86.0 Å². The monoisotopic (exact) mass is 334 g/mol. The molecule has 0 radical (unpaired) electrons. The highest BCUT2D eigenvalue weighted by Crippen LogP contribution is 2.38. The van der Waals surface area contributed by atoms with Gasteiger partial charge >= 0.3 is 5.97 Å². The van der Waals surface area contributed by atoms with E-state index in [2.05, 4.69) is 27.7 Å². The van der Waals surface area contributed by atoms with Crippen LogP contribution in [-0.4, -0.2) is 17.7 Å². The van der Waals surface area contributed by atoms with Crippen molar-refractivity contribution in [1.82, 2.24) is 0 Å². The Kier molecular flexibility index (Phi) is 8.88. The molecule has 0 amide bonds. The van der Waals surface area contributed by atoms with Gasteiger partial charge in [0.1, 0.15) is 0 Å². The van der Waals surface area contributed by atoms with Gasteiger partial charge in [-0.05, 0) is 69.8 Å². The minimum atomic E-state index is -0.0805. The number of aliphatic hydroxyl groups is 1. The van der Waals surface area contributed by atoms with Crippen LogP contribution in [0.15, 0.2) is 33.6 Å². The largest absolute Gasteiger partial charge is 0.512 e. The summed E-state index contributed by atoms with van der Waals surface area (Å²) in [5, 5.41) is 10.4. The van der Waals surface area contributed by atoms with Crippen molar-refractivity contribution in [2.75, 3.05) is 6.61 Å². The molecule has 0 unspecified atom stereocenters. The second kappa shape index (κ2) is 10.4. The first-order valence-corrected chi connectivity index (χ1v) is 9.33. The molecule has 1 N–H and O–H groups in total. The maximum Gasteiger partial charge on any atom is 0.305 e. The fraction of sp³-hybridized carbons (Fsp3) is 0.667.